The minimum atomic E-state index is -0.156. The first kappa shape index (κ1) is 21.4. The monoisotopic (exact) mass is 463 g/mol. The molecule has 9 heteroatoms. The van der Waals surface area contributed by atoms with Crippen molar-refractivity contribution in [3.8, 4) is 22.8 Å². The Bertz CT molecular complexity index is 1330. The first-order chi connectivity index (χ1) is 16.0. The lowest BCUT2D eigenvalue weighted by atomic mass is 10.1. The van der Waals surface area contributed by atoms with Gasteiger partial charge < -0.3 is 14.8 Å². The van der Waals surface area contributed by atoms with Gasteiger partial charge in [-0.05, 0) is 45.0 Å². The molecule has 3 aromatic heterocycles. The van der Waals surface area contributed by atoms with E-state index < -0.39 is 0 Å². The molecule has 8 nitrogen and oxygen atoms in total. The highest BCUT2D eigenvalue weighted by Crippen LogP contribution is 2.35. The van der Waals surface area contributed by atoms with Crippen LogP contribution in [0.15, 0.2) is 35.8 Å². The largest absolute Gasteiger partial charge is 0.486 e. The molecule has 0 aliphatic carbocycles. The van der Waals surface area contributed by atoms with Gasteiger partial charge in [0.15, 0.2) is 17.1 Å². The molecule has 5 rings (SSSR count). The first-order valence-corrected chi connectivity index (χ1v) is 11.8. The molecule has 33 heavy (non-hydrogen) atoms. The van der Waals surface area contributed by atoms with Crippen LogP contribution in [0.3, 0.4) is 0 Å². The van der Waals surface area contributed by atoms with Gasteiger partial charge in [0.25, 0.3) is 5.91 Å². The molecule has 0 fully saturated rings. The quantitative estimate of drug-likeness (QED) is 0.461. The van der Waals surface area contributed by atoms with Crippen LogP contribution in [0.5, 0.6) is 11.5 Å². The number of pyridine rings is 1. The SMILES string of the molecule is Cc1nc(CCNC(=O)c2cc(-c3ccc4c(c3)OCCO4)nc3c2cnn3C(C)C)cs1. The lowest BCUT2D eigenvalue weighted by Gasteiger charge is -2.19. The Morgan fingerprint density at radius 3 is 2.76 bits per heavy atom. The number of nitrogens with zero attached hydrogens (tertiary/aromatic N) is 4. The summed E-state index contributed by atoms with van der Waals surface area (Å²) in [6.45, 7) is 7.61. The van der Waals surface area contributed by atoms with Crippen molar-refractivity contribution in [2.75, 3.05) is 19.8 Å². The summed E-state index contributed by atoms with van der Waals surface area (Å²) in [4.78, 5) is 22.5. The zero-order chi connectivity index (χ0) is 22.9. The van der Waals surface area contributed by atoms with E-state index in [0.717, 1.165) is 21.7 Å². The van der Waals surface area contributed by atoms with Crippen molar-refractivity contribution in [2.45, 2.75) is 33.2 Å². The number of aromatic nitrogens is 4. The molecule has 170 valence electrons. The molecule has 4 aromatic rings. The normalized spacial score (nSPS) is 13.0. The van der Waals surface area contributed by atoms with Crippen LogP contribution in [0, 0.1) is 6.92 Å². The predicted molar refractivity (Wildman–Crippen MR) is 127 cm³/mol. The topological polar surface area (TPSA) is 91.2 Å². The van der Waals surface area contributed by atoms with Crippen molar-refractivity contribution >= 4 is 28.3 Å². The van der Waals surface area contributed by atoms with E-state index in [9.17, 15) is 4.79 Å². The number of amides is 1. The molecule has 1 N–H and O–H groups in total. The molecular weight excluding hydrogens is 438 g/mol. The molecule has 1 aliphatic rings. The summed E-state index contributed by atoms with van der Waals surface area (Å²) in [5, 5.41) is 11.3. The van der Waals surface area contributed by atoms with Gasteiger partial charge in [0.1, 0.15) is 13.2 Å². The number of hydrogen-bond acceptors (Lipinski definition) is 7. The molecule has 0 unspecified atom stereocenters. The lowest BCUT2D eigenvalue weighted by Crippen LogP contribution is -2.26. The van der Waals surface area contributed by atoms with Crippen molar-refractivity contribution in [3.05, 3.63) is 52.1 Å². The fourth-order valence-corrected chi connectivity index (χ4v) is 4.50. The Labute approximate surface area is 195 Å². The molecule has 0 saturated heterocycles. The van der Waals surface area contributed by atoms with Gasteiger partial charge in [-0.1, -0.05) is 0 Å². The average molecular weight is 464 g/mol. The molecule has 1 aromatic carbocycles. The summed E-state index contributed by atoms with van der Waals surface area (Å²) in [6, 6.07) is 7.65. The van der Waals surface area contributed by atoms with Crippen molar-refractivity contribution in [1.82, 2.24) is 25.1 Å². The second kappa shape index (κ2) is 8.82. The average Bonchev–Trinajstić information content (AvgIpc) is 3.44. The van der Waals surface area contributed by atoms with Gasteiger partial charge in [-0.25, -0.2) is 14.6 Å². The van der Waals surface area contributed by atoms with E-state index in [4.69, 9.17) is 14.5 Å². The van der Waals surface area contributed by atoms with Crippen LogP contribution in [-0.4, -0.2) is 45.4 Å². The standard InChI is InChI=1S/C24H25N5O3S/c1-14(2)29-23-19(12-26-29)18(24(30)25-7-6-17-13-33-15(3)27-17)11-20(28-23)16-4-5-21-22(10-16)32-9-8-31-21/h4-5,10-14H,6-9H2,1-3H3,(H,25,30). The molecule has 4 heterocycles. The van der Waals surface area contributed by atoms with Crippen LogP contribution in [-0.2, 0) is 6.42 Å². The zero-order valence-corrected chi connectivity index (χ0v) is 19.6. The highest BCUT2D eigenvalue weighted by molar-refractivity contribution is 7.09. The van der Waals surface area contributed by atoms with Gasteiger partial charge in [-0.3, -0.25) is 4.79 Å². The van der Waals surface area contributed by atoms with Crippen LogP contribution >= 0.6 is 11.3 Å². The summed E-state index contributed by atoms with van der Waals surface area (Å²) in [5.74, 6) is 1.24. The van der Waals surface area contributed by atoms with Crippen LogP contribution < -0.4 is 14.8 Å². The van der Waals surface area contributed by atoms with Crippen LogP contribution in [0.2, 0.25) is 0 Å². The Morgan fingerprint density at radius 2 is 2.00 bits per heavy atom. The molecule has 0 atom stereocenters. The van der Waals surface area contributed by atoms with Crippen LogP contribution in [0.4, 0.5) is 0 Å². The van der Waals surface area contributed by atoms with E-state index in [0.29, 0.717) is 54.6 Å². The van der Waals surface area contributed by atoms with E-state index in [1.165, 1.54) is 0 Å². The number of thiazole rings is 1. The Hall–Kier alpha value is -3.46. The van der Waals surface area contributed by atoms with Gasteiger partial charge in [0, 0.05) is 30.0 Å². The number of hydrogen-bond donors (Lipinski definition) is 1. The number of nitrogens with one attached hydrogen (secondary N) is 1. The number of carbonyl (C=O) groups excluding carboxylic acids is 1. The second-order valence-electron chi connectivity index (χ2n) is 8.20. The number of carbonyl (C=O) groups is 1. The van der Waals surface area contributed by atoms with E-state index in [2.05, 4.69) is 15.4 Å². The van der Waals surface area contributed by atoms with Crippen molar-refractivity contribution < 1.29 is 14.3 Å². The van der Waals surface area contributed by atoms with Gasteiger partial charge in [0.05, 0.1) is 33.5 Å². The van der Waals surface area contributed by atoms with Crippen LogP contribution in [0.1, 0.15) is 40.9 Å². The molecular formula is C24H25N5O3S. The minimum absolute atomic E-state index is 0.106. The maximum Gasteiger partial charge on any atom is 0.252 e. The third-order valence-electron chi connectivity index (χ3n) is 5.47. The smallest absolute Gasteiger partial charge is 0.252 e. The number of fused-ring (bicyclic) bond motifs is 2. The Balaban J connectivity index is 1.50. The summed E-state index contributed by atoms with van der Waals surface area (Å²) >= 11 is 1.61. The molecule has 1 aliphatic heterocycles. The zero-order valence-electron chi connectivity index (χ0n) is 18.8. The number of benzene rings is 1. The second-order valence-corrected chi connectivity index (χ2v) is 9.26. The maximum absolute atomic E-state index is 13.2. The number of aryl methyl sites for hydroxylation is 1. The Kier molecular flexibility index (Phi) is 5.72. The fraction of sp³-hybridized carbons (Fsp3) is 0.333. The summed E-state index contributed by atoms with van der Waals surface area (Å²) in [5.41, 5.74) is 3.75. The van der Waals surface area contributed by atoms with Crippen LogP contribution in [0.25, 0.3) is 22.3 Å². The Morgan fingerprint density at radius 1 is 1.18 bits per heavy atom. The molecule has 0 radical (unpaired) electrons. The van der Waals surface area contributed by atoms with Crippen molar-refractivity contribution in [1.29, 1.82) is 0 Å². The van der Waals surface area contributed by atoms with Gasteiger partial charge in [0.2, 0.25) is 0 Å². The molecule has 0 saturated carbocycles. The first-order valence-electron chi connectivity index (χ1n) is 11.0. The van der Waals surface area contributed by atoms with E-state index in [-0.39, 0.29) is 11.9 Å². The van der Waals surface area contributed by atoms with Crippen molar-refractivity contribution in [2.24, 2.45) is 0 Å². The maximum atomic E-state index is 13.2. The number of ether oxygens (including phenoxy) is 2. The molecule has 0 spiro atoms. The van der Waals surface area contributed by atoms with E-state index in [1.54, 1.807) is 17.5 Å². The van der Waals surface area contributed by atoms with Gasteiger partial charge in [-0.15, -0.1) is 11.3 Å². The predicted octanol–water partition coefficient (Wildman–Crippen LogP) is 4.19. The van der Waals surface area contributed by atoms with Crippen molar-refractivity contribution in [3.63, 3.8) is 0 Å². The molecule has 1 amide bonds. The third kappa shape index (κ3) is 4.28. The van der Waals surface area contributed by atoms with E-state index in [1.807, 2.05) is 55.1 Å². The highest BCUT2D eigenvalue weighted by Gasteiger charge is 2.20. The summed E-state index contributed by atoms with van der Waals surface area (Å²) < 4.78 is 13.2. The molecule has 0 bridgehead atoms. The summed E-state index contributed by atoms with van der Waals surface area (Å²) in [6.07, 6.45) is 2.40. The number of rotatable bonds is 6. The lowest BCUT2D eigenvalue weighted by molar-refractivity contribution is 0.0955. The highest BCUT2D eigenvalue weighted by atomic mass is 32.1. The van der Waals surface area contributed by atoms with Gasteiger partial charge >= 0.3 is 0 Å². The minimum Gasteiger partial charge on any atom is -0.486 e. The van der Waals surface area contributed by atoms with E-state index >= 15 is 0 Å². The summed E-state index contributed by atoms with van der Waals surface area (Å²) in [7, 11) is 0. The van der Waals surface area contributed by atoms with Gasteiger partial charge in [-0.2, -0.15) is 5.10 Å². The third-order valence-corrected chi connectivity index (χ3v) is 6.29. The fourth-order valence-electron chi connectivity index (χ4n) is 3.86.